The zero-order valence-corrected chi connectivity index (χ0v) is 6.06. The predicted molar refractivity (Wildman–Crippen MR) is 38.7 cm³/mol. The normalized spacial score (nSPS) is 10.9. The van der Waals surface area contributed by atoms with Crippen LogP contribution in [0, 0.1) is 0 Å². The minimum atomic E-state index is 0.674. The summed E-state index contributed by atoms with van der Waals surface area (Å²) in [7, 11) is 0. The van der Waals surface area contributed by atoms with Gasteiger partial charge in [-0.1, -0.05) is 20.9 Å². The number of hydrogen-bond acceptors (Lipinski definition) is 4. The van der Waals surface area contributed by atoms with Gasteiger partial charge in [0.25, 0.3) is 0 Å². The lowest BCUT2D eigenvalue weighted by atomic mass is 10.4. The molecule has 0 saturated heterocycles. The Kier molecular flexibility index (Phi) is 7.18. The van der Waals surface area contributed by atoms with Gasteiger partial charge in [0.05, 0.1) is 0 Å². The third-order valence-corrected chi connectivity index (χ3v) is 0.834. The topological polar surface area (TPSA) is 126 Å². The number of hydrogen-bond donors (Lipinski definition) is 4. The minimum absolute atomic E-state index is 0.674. The highest BCUT2D eigenvalue weighted by Crippen LogP contribution is 1.73. The molecular formula is C3H12N8. The third kappa shape index (κ3) is 8.40. The zero-order chi connectivity index (χ0) is 8.36. The Hall–Kier alpha value is -1.60. The fourth-order valence-electron chi connectivity index (χ4n) is 0.428. The summed E-state index contributed by atoms with van der Waals surface area (Å²) in [6, 6.07) is 0. The molecule has 0 atom stereocenters. The predicted octanol–water partition coefficient (Wildman–Crippen LogP) is -0.962. The molecule has 0 saturated carbocycles. The van der Waals surface area contributed by atoms with Crippen LogP contribution in [0.2, 0.25) is 0 Å². The second-order valence-corrected chi connectivity index (χ2v) is 1.60. The third-order valence-electron chi connectivity index (χ3n) is 0.834. The number of nitrogens with zero attached hydrogens (tertiary/aromatic N) is 4. The van der Waals surface area contributed by atoms with Gasteiger partial charge in [-0.25, -0.2) is 0 Å². The lowest BCUT2D eigenvalue weighted by Gasteiger charge is -1.97. The molecule has 64 valence electrons. The Morgan fingerprint density at radius 1 is 0.909 bits per heavy atom. The smallest absolute Gasteiger partial charge is 0.0364 e. The highest BCUT2D eigenvalue weighted by Gasteiger charge is 1.82. The van der Waals surface area contributed by atoms with Gasteiger partial charge >= 0.3 is 0 Å². The van der Waals surface area contributed by atoms with Crippen molar-refractivity contribution in [2.24, 2.45) is 32.6 Å². The highest BCUT2D eigenvalue weighted by molar-refractivity contribution is 4.42. The van der Waals surface area contributed by atoms with Crippen LogP contribution in [0.4, 0.5) is 0 Å². The van der Waals surface area contributed by atoms with Gasteiger partial charge in [-0.3, -0.25) is 10.9 Å². The standard InChI is InChI=1S/C3H12N8/c4-8-10-6-2-1-3-7-11-9-5/h1-3H2,(H2,4,10)(H2,5,11)(H,6,8)(H,7,9). The van der Waals surface area contributed by atoms with Crippen molar-refractivity contribution in [1.82, 2.24) is 10.9 Å². The van der Waals surface area contributed by atoms with E-state index < -0.39 is 0 Å². The molecule has 0 unspecified atom stereocenters. The monoisotopic (exact) mass is 160 g/mol. The molecule has 8 heteroatoms. The van der Waals surface area contributed by atoms with Gasteiger partial charge in [0, 0.05) is 13.1 Å². The van der Waals surface area contributed by atoms with Crippen LogP contribution in [0.15, 0.2) is 20.9 Å². The molecule has 8 nitrogen and oxygen atoms in total. The van der Waals surface area contributed by atoms with Gasteiger partial charge in [-0.2, -0.15) is 0 Å². The Morgan fingerprint density at radius 2 is 1.36 bits per heavy atom. The van der Waals surface area contributed by atoms with Crippen LogP contribution < -0.4 is 22.5 Å². The fourth-order valence-corrected chi connectivity index (χ4v) is 0.428. The molecule has 11 heavy (non-hydrogen) atoms. The Labute approximate surface area is 64.0 Å². The van der Waals surface area contributed by atoms with Crippen molar-refractivity contribution < 1.29 is 0 Å². The Bertz CT molecular complexity index is 105. The molecule has 0 aliphatic carbocycles. The first-order valence-electron chi connectivity index (χ1n) is 3.07. The van der Waals surface area contributed by atoms with E-state index in [1.165, 1.54) is 0 Å². The number of nitrogens with one attached hydrogen (secondary N) is 2. The average molecular weight is 160 g/mol. The summed E-state index contributed by atoms with van der Waals surface area (Å²) in [4.78, 5) is 0. The molecular weight excluding hydrogens is 148 g/mol. The number of nitrogens with two attached hydrogens (primary N) is 2. The van der Waals surface area contributed by atoms with Crippen LogP contribution in [0.5, 0.6) is 0 Å². The van der Waals surface area contributed by atoms with Gasteiger partial charge in [-0.15, -0.1) is 0 Å². The maximum absolute atomic E-state index is 4.72. The first-order chi connectivity index (χ1) is 5.41. The van der Waals surface area contributed by atoms with E-state index in [1.807, 2.05) is 0 Å². The van der Waals surface area contributed by atoms with Crippen LogP contribution in [-0.2, 0) is 0 Å². The van der Waals surface area contributed by atoms with E-state index in [1.54, 1.807) is 0 Å². The summed E-state index contributed by atoms with van der Waals surface area (Å²) in [5.74, 6) is 9.44. The molecule has 0 aromatic rings. The van der Waals surface area contributed by atoms with Crippen molar-refractivity contribution in [1.29, 1.82) is 0 Å². The highest BCUT2D eigenvalue weighted by atomic mass is 15.5. The molecule has 0 radical (unpaired) electrons. The zero-order valence-electron chi connectivity index (χ0n) is 6.06. The van der Waals surface area contributed by atoms with E-state index in [0.29, 0.717) is 13.1 Å². The van der Waals surface area contributed by atoms with E-state index in [0.717, 1.165) is 6.42 Å². The van der Waals surface area contributed by atoms with Crippen molar-refractivity contribution in [3.8, 4) is 0 Å². The van der Waals surface area contributed by atoms with Gasteiger partial charge in [0.2, 0.25) is 0 Å². The summed E-state index contributed by atoms with van der Waals surface area (Å²) in [5.41, 5.74) is 5.20. The largest absolute Gasteiger partial charge is 0.303 e. The van der Waals surface area contributed by atoms with Crippen LogP contribution in [0.25, 0.3) is 0 Å². The first-order valence-corrected chi connectivity index (χ1v) is 3.07. The van der Waals surface area contributed by atoms with Crippen molar-refractivity contribution in [2.45, 2.75) is 6.42 Å². The van der Waals surface area contributed by atoms with Gasteiger partial charge < -0.3 is 11.7 Å². The number of rotatable bonds is 6. The summed E-state index contributed by atoms with van der Waals surface area (Å²) in [5, 5.41) is 12.7. The van der Waals surface area contributed by atoms with Crippen LogP contribution in [0.1, 0.15) is 6.42 Å². The van der Waals surface area contributed by atoms with E-state index in [4.69, 9.17) is 11.7 Å². The quantitative estimate of drug-likeness (QED) is 0.173. The molecule has 0 aliphatic rings. The maximum atomic E-state index is 4.72. The summed E-state index contributed by atoms with van der Waals surface area (Å²) in [6.45, 7) is 1.35. The van der Waals surface area contributed by atoms with Crippen LogP contribution in [-0.4, -0.2) is 13.1 Å². The molecule has 0 aromatic carbocycles. The summed E-state index contributed by atoms with van der Waals surface area (Å²) in [6.07, 6.45) is 0.831. The molecule has 0 rings (SSSR count). The Morgan fingerprint density at radius 3 is 1.73 bits per heavy atom. The van der Waals surface area contributed by atoms with E-state index in [2.05, 4.69) is 31.7 Å². The van der Waals surface area contributed by atoms with Gasteiger partial charge in [0.15, 0.2) is 0 Å². The van der Waals surface area contributed by atoms with Crippen LogP contribution in [0.3, 0.4) is 0 Å². The Balaban J connectivity index is 2.90. The van der Waals surface area contributed by atoms with E-state index in [9.17, 15) is 0 Å². The molecule has 0 bridgehead atoms. The lowest BCUT2D eigenvalue weighted by Crippen LogP contribution is -2.15. The molecule has 6 N–H and O–H groups in total. The molecule has 0 spiro atoms. The molecule has 0 fully saturated rings. The first kappa shape index (κ1) is 9.40. The SMILES string of the molecule is NN=NNCCCNN=NN. The van der Waals surface area contributed by atoms with Crippen molar-refractivity contribution in [2.75, 3.05) is 13.1 Å². The van der Waals surface area contributed by atoms with Crippen molar-refractivity contribution >= 4 is 0 Å². The van der Waals surface area contributed by atoms with Crippen molar-refractivity contribution in [3.63, 3.8) is 0 Å². The second kappa shape index (κ2) is 8.40. The lowest BCUT2D eigenvalue weighted by molar-refractivity contribution is 0.588. The van der Waals surface area contributed by atoms with E-state index in [-0.39, 0.29) is 0 Å². The van der Waals surface area contributed by atoms with Gasteiger partial charge in [0.1, 0.15) is 0 Å². The molecule has 0 aliphatic heterocycles. The molecule has 0 amide bonds. The van der Waals surface area contributed by atoms with Crippen LogP contribution >= 0.6 is 0 Å². The minimum Gasteiger partial charge on any atom is -0.303 e. The average Bonchev–Trinajstić information content (AvgIpc) is 2.03. The second-order valence-electron chi connectivity index (χ2n) is 1.60. The molecule has 0 heterocycles. The molecule has 0 aromatic heterocycles. The summed E-state index contributed by atoms with van der Waals surface area (Å²) >= 11 is 0. The van der Waals surface area contributed by atoms with Crippen molar-refractivity contribution in [3.05, 3.63) is 0 Å². The maximum Gasteiger partial charge on any atom is 0.0364 e. The van der Waals surface area contributed by atoms with E-state index >= 15 is 0 Å². The summed E-state index contributed by atoms with van der Waals surface area (Å²) < 4.78 is 0. The van der Waals surface area contributed by atoms with Gasteiger partial charge in [-0.05, 0) is 6.42 Å². The fraction of sp³-hybridized carbons (Fsp3) is 1.00.